The SMILES string of the molecule is COC(=O)c1ccc(CNC2CCN(C)C2)o1. The van der Waals surface area contributed by atoms with Gasteiger partial charge in [-0.15, -0.1) is 0 Å². The van der Waals surface area contributed by atoms with Gasteiger partial charge >= 0.3 is 5.97 Å². The predicted octanol–water partition coefficient (Wildman–Crippen LogP) is 0.860. The molecule has 2 heterocycles. The number of ether oxygens (including phenoxy) is 1. The minimum Gasteiger partial charge on any atom is -0.463 e. The third-order valence-corrected chi connectivity index (χ3v) is 3.00. The first-order valence-corrected chi connectivity index (χ1v) is 5.78. The summed E-state index contributed by atoms with van der Waals surface area (Å²) in [6.45, 7) is 2.84. The van der Waals surface area contributed by atoms with Crippen molar-refractivity contribution in [2.75, 3.05) is 27.2 Å². The summed E-state index contributed by atoms with van der Waals surface area (Å²) in [5, 5.41) is 3.41. The Morgan fingerprint density at radius 1 is 1.65 bits per heavy atom. The van der Waals surface area contributed by atoms with Crippen molar-refractivity contribution < 1.29 is 13.9 Å². The molecule has 5 nitrogen and oxygen atoms in total. The summed E-state index contributed by atoms with van der Waals surface area (Å²) in [5.74, 6) is 0.588. The van der Waals surface area contributed by atoms with E-state index in [1.807, 2.05) is 0 Å². The van der Waals surface area contributed by atoms with Crippen molar-refractivity contribution in [1.29, 1.82) is 0 Å². The van der Waals surface area contributed by atoms with Crippen LogP contribution in [-0.2, 0) is 11.3 Å². The predicted molar refractivity (Wildman–Crippen MR) is 62.8 cm³/mol. The van der Waals surface area contributed by atoms with Crippen LogP contribution >= 0.6 is 0 Å². The van der Waals surface area contributed by atoms with E-state index in [1.54, 1.807) is 12.1 Å². The van der Waals surface area contributed by atoms with Crippen LogP contribution in [0.4, 0.5) is 0 Å². The molecule has 1 N–H and O–H groups in total. The molecule has 1 aliphatic heterocycles. The number of methoxy groups -OCH3 is 1. The normalized spacial score (nSPS) is 20.7. The molecule has 2 rings (SSSR count). The molecule has 1 atom stereocenters. The first-order valence-electron chi connectivity index (χ1n) is 5.78. The van der Waals surface area contributed by atoms with E-state index in [4.69, 9.17) is 4.42 Å². The van der Waals surface area contributed by atoms with Gasteiger partial charge in [0, 0.05) is 12.6 Å². The number of likely N-dealkylation sites (tertiary alicyclic amines) is 1. The number of nitrogens with one attached hydrogen (secondary N) is 1. The minimum absolute atomic E-state index is 0.257. The summed E-state index contributed by atoms with van der Waals surface area (Å²) in [4.78, 5) is 13.5. The van der Waals surface area contributed by atoms with Crippen molar-refractivity contribution in [3.8, 4) is 0 Å². The lowest BCUT2D eigenvalue weighted by atomic mass is 10.2. The fraction of sp³-hybridized carbons (Fsp3) is 0.583. The smallest absolute Gasteiger partial charge is 0.373 e. The van der Waals surface area contributed by atoms with Gasteiger partial charge in [0.2, 0.25) is 5.76 Å². The number of furan rings is 1. The van der Waals surface area contributed by atoms with Gasteiger partial charge in [-0.25, -0.2) is 4.79 Å². The number of carbonyl (C=O) groups excluding carboxylic acids is 1. The summed E-state index contributed by atoms with van der Waals surface area (Å²) in [6, 6.07) is 3.95. The fourth-order valence-electron chi connectivity index (χ4n) is 2.03. The number of carbonyl (C=O) groups is 1. The molecule has 1 aliphatic rings. The van der Waals surface area contributed by atoms with Gasteiger partial charge in [-0.05, 0) is 32.1 Å². The van der Waals surface area contributed by atoms with Crippen LogP contribution in [0.3, 0.4) is 0 Å². The van der Waals surface area contributed by atoms with Gasteiger partial charge in [0.05, 0.1) is 13.7 Å². The molecule has 0 radical (unpaired) electrons. The highest BCUT2D eigenvalue weighted by Crippen LogP contribution is 2.11. The lowest BCUT2D eigenvalue weighted by Gasteiger charge is -2.11. The maximum atomic E-state index is 11.2. The van der Waals surface area contributed by atoms with Gasteiger partial charge in [-0.2, -0.15) is 0 Å². The lowest BCUT2D eigenvalue weighted by Crippen LogP contribution is -2.30. The highest BCUT2D eigenvalue weighted by Gasteiger charge is 2.19. The fourth-order valence-corrected chi connectivity index (χ4v) is 2.03. The summed E-state index contributed by atoms with van der Waals surface area (Å²) in [5.41, 5.74) is 0. The lowest BCUT2D eigenvalue weighted by molar-refractivity contribution is 0.0563. The standard InChI is InChI=1S/C12H18N2O3/c1-14-6-5-9(8-14)13-7-10-3-4-11(17-10)12(15)16-2/h3-4,9,13H,5-8H2,1-2H3. The van der Waals surface area contributed by atoms with E-state index < -0.39 is 5.97 Å². The first-order chi connectivity index (χ1) is 8.19. The van der Waals surface area contributed by atoms with Crippen LogP contribution in [0.15, 0.2) is 16.5 Å². The summed E-state index contributed by atoms with van der Waals surface area (Å²) < 4.78 is 9.95. The van der Waals surface area contributed by atoms with Gasteiger partial charge < -0.3 is 19.4 Å². The van der Waals surface area contributed by atoms with Gasteiger partial charge in [-0.1, -0.05) is 0 Å². The molecule has 0 saturated carbocycles. The van der Waals surface area contributed by atoms with Gasteiger partial charge in [-0.3, -0.25) is 0 Å². The summed E-state index contributed by atoms with van der Waals surface area (Å²) >= 11 is 0. The Bertz CT molecular complexity index is 389. The number of rotatable bonds is 4. The Morgan fingerprint density at radius 3 is 3.12 bits per heavy atom. The van der Waals surface area contributed by atoms with Crippen LogP contribution in [-0.4, -0.2) is 44.2 Å². The molecule has 17 heavy (non-hydrogen) atoms. The summed E-state index contributed by atoms with van der Waals surface area (Å²) in [7, 11) is 3.46. The Kier molecular flexibility index (Phi) is 3.81. The average molecular weight is 238 g/mol. The quantitative estimate of drug-likeness (QED) is 0.788. The second-order valence-corrected chi connectivity index (χ2v) is 4.39. The molecule has 0 aliphatic carbocycles. The Labute approximate surface area is 101 Å². The van der Waals surface area contributed by atoms with Crippen LogP contribution in [0.5, 0.6) is 0 Å². The number of esters is 1. The van der Waals surface area contributed by atoms with E-state index in [2.05, 4.69) is 22.0 Å². The van der Waals surface area contributed by atoms with Crippen LogP contribution < -0.4 is 5.32 Å². The molecule has 0 bridgehead atoms. The average Bonchev–Trinajstić information content (AvgIpc) is 2.94. The van der Waals surface area contributed by atoms with Gasteiger partial charge in [0.25, 0.3) is 0 Å². The first kappa shape index (κ1) is 12.1. The van der Waals surface area contributed by atoms with Crippen LogP contribution in [0, 0.1) is 0 Å². The van der Waals surface area contributed by atoms with Crippen molar-refractivity contribution in [3.63, 3.8) is 0 Å². The molecule has 0 aromatic carbocycles. The van der Waals surface area contributed by atoms with Gasteiger partial charge in [0.1, 0.15) is 5.76 Å². The van der Waals surface area contributed by atoms with Crippen LogP contribution in [0.2, 0.25) is 0 Å². The van der Waals surface area contributed by atoms with Crippen molar-refractivity contribution in [1.82, 2.24) is 10.2 Å². The summed E-state index contributed by atoms with van der Waals surface area (Å²) in [6.07, 6.45) is 1.15. The molecule has 0 amide bonds. The molecule has 1 aromatic rings. The monoisotopic (exact) mass is 238 g/mol. The molecule has 1 unspecified atom stereocenters. The highest BCUT2D eigenvalue weighted by molar-refractivity contribution is 5.86. The van der Waals surface area contributed by atoms with E-state index in [9.17, 15) is 4.79 Å². The third-order valence-electron chi connectivity index (χ3n) is 3.00. The van der Waals surface area contributed by atoms with E-state index in [0.29, 0.717) is 12.6 Å². The molecular weight excluding hydrogens is 220 g/mol. The van der Waals surface area contributed by atoms with Crippen molar-refractivity contribution in [3.05, 3.63) is 23.7 Å². The number of likely N-dealkylation sites (N-methyl/N-ethyl adjacent to an activating group) is 1. The maximum absolute atomic E-state index is 11.2. The van der Waals surface area contributed by atoms with Crippen molar-refractivity contribution in [2.45, 2.75) is 19.0 Å². The van der Waals surface area contributed by atoms with E-state index in [-0.39, 0.29) is 5.76 Å². The Balaban J connectivity index is 1.83. The maximum Gasteiger partial charge on any atom is 0.373 e. The molecule has 94 valence electrons. The molecule has 1 saturated heterocycles. The van der Waals surface area contributed by atoms with E-state index in [0.717, 1.165) is 25.3 Å². The topological polar surface area (TPSA) is 54.7 Å². The third kappa shape index (κ3) is 3.08. The Hall–Kier alpha value is -1.33. The van der Waals surface area contributed by atoms with E-state index in [1.165, 1.54) is 7.11 Å². The zero-order valence-electron chi connectivity index (χ0n) is 10.2. The molecule has 1 fully saturated rings. The van der Waals surface area contributed by atoms with Crippen molar-refractivity contribution in [2.24, 2.45) is 0 Å². The molecule has 5 heteroatoms. The minimum atomic E-state index is -0.433. The van der Waals surface area contributed by atoms with E-state index >= 15 is 0 Å². The second-order valence-electron chi connectivity index (χ2n) is 4.39. The van der Waals surface area contributed by atoms with Crippen LogP contribution in [0.1, 0.15) is 22.7 Å². The van der Waals surface area contributed by atoms with Crippen molar-refractivity contribution >= 4 is 5.97 Å². The van der Waals surface area contributed by atoms with Gasteiger partial charge in [0.15, 0.2) is 0 Å². The largest absolute Gasteiger partial charge is 0.463 e. The number of nitrogens with zero attached hydrogens (tertiary/aromatic N) is 1. The highest BCUT2D eigenvalue weighted by atomic mass is 16.5. The zero-order chi connectivity index (χ0) is 12.3. The zero-order valence-corrected chi connectivity index (χ0v) is 10.2. The Morgan fingerprint density at radius 2 is 2.47 bits per heavy atom. The molecule has 0 spiro atoms. The molecular formula is C12H18N2O3. The molecule has 1 aromatic heterocycles. The number of hydrogen-bond acceptors (Lipinski definition) is 5. The second kappa shape index (κ2) is 5.33. The van der Waals surface area contributed by atoms with Crippen LogP contribution in [0.25, 0.3) is 0 Å². The number of hydrogen-bond donors (Lipinski definition) is 1.